The summed E-state index contributed by atoms with van der Waals surface area (Å²) in [6.45, 7) is 3.67. The normalized spacial score (nSPS) is 16.9. The monoisotopic (exact) mass is 191 g/mol. The van der Waals surface area contributed by atoms with E-state index in [0.29, 0.717) is 12.8 Å². The second kappa shape index (κ2) is 5.62. The fraction of sp³-hybridized carbons (Fsp3) is 0.583. The smallest absolute Gasteiger partial charge is 0.160 e. The lowest BCUT2D eigenvalue weighted by molar-refractivity contribution is -0.115. The molecular formula is C12H17NO. The molecule has 0 atom stereocenters. The van der Waals surface area contributed by atoms with Crippen LogP contribution in [0.5, 0.6) is 0 Å². The van der Waals surface area contributed by atoms with Crippen LogP contribution in [0.25, 0.3) is 0 Å². The van der Waals surface area contributed by atoms with Gasteiger partial charge in [0.1, 0.15) is 0 Å². The topological polar surface area (TPSA) is 20.3 Å². The Morgan fingerprint density at radius 1 is 1.64 bits per heavy atom. The Labute approximate surface area is 86.0 Å². The lowest BCUT2D eigenvalue weighted by Gasteiger charge is -2.21. The van der Waals surface area contributed by atoms with Gasteiger partial charge in [0.05, 0.1) is 0 Å². The third-order valence-corrected chi connectivity index (χ3v) is 2.35. The fourth-order valence-corrected chi connectivity index (χ4v) is 1.56. The highest BCUT2D eigenvalue weighted by Gasteiger charge is 2.14. The molecule has 0 bridgehead atoms. The van der Waals surface area contributed by atoms with Crippen molar-refractivity contribution in [3.63, 3.8) is 0 Å². The minimum Gasteiger partial charge on any atom is -0.302 e. The van der Waals surface area contributed by atoms with E-state index in [1.165, 1.54) is 0 Å². The standard InChI is InChI=1S/C12H17NO/c1-3-4-5-8-12(14)11-7-6-9-13(2)10-11/h7H,5-6,8-10H2,1-2H3. The molecule has 0 N–H and O–H groups in total. The van der Waals surface area contributed by atoms with Gasteiger partial charge in [-0.3, -0.25) is 4.79 Å². The first-order valence-corrected chi connectivity index (χ1v) is 5.04. The first kappa shape index (κ1) is 11.0. The summed E-state index contributed by atoms with van der Waals surface area (Å²) < 4.78 is 0. The molecule has 1 rings (SSSR count). The highest BCUT2D eigenvalue weighted by atomic mass is 16.1. The third-order valence-electron chi connectivity index (χ3n) is 2.35. The summed E-state index contributed by atoms with van der Waals surface area (Å²) in [7, 11) is 2.05. The Balaban J connectivity index is 2.42. The van der Waals surface area contributed by atoms with Gasteiger partial charge in [-0.05, 0) is 20.4 Å². The maximum absolute atomic E-state index is 11.7. The van der Waals surface area contributed by atoms with Crippen LogP contribution in [0.1, 0.15) is 26.2 Å². The molecule has 1 aliphatic rings. The van der Waals surface area contributed by atoms with Crippen molar-refractivity contribution in [2.24, 2.45) is 0 Å². The number of carbonyl (C=O) groups excluding carboxylic acids is 1. The molecule has 0 amide bonds. The van der Waals surface area contributed by atoms with Crippen molar-refractivity contribution in [3.8, 4) is 11.8 Å². The van der Waals surface area contributed by atoms with Crippen molar-refractivity contribution in [2.75, 3.05) is 20.1 Å². The highest BCUT2D eigenvalue weighted by Crippen LogP contribution is 2.10. The van der Waals surface area contributed by atoms with Gasteiger partial charge in [-0.1, -0.05) is 6.08 Å². The molecule has 0 spiro atoms. The van der Waals surface area contributed by atoms with E-state index < -0.39 is 0 Å². The molecule has 0 fully saturated rings. The van der Waals surface area contributed by atoms with Crippen LogP contribution in [0, 0.1) is 11.8 Å². The first-order valence-electron chi connectivity index (χ1n) is 5.04. The van der Waals surface area contributed by atoms with Crippen LogP contribution < -0.4 is 0 Å². The van der Waals surface area contributed by atoms with Gasteiger partial charge >= 0.3 is 0 Å². The van der Waals surface area contributed by atoms with Crippen LogP contribution in [0.4, 0.5) is 0 Å². The highest BCUT2D eigenvalue weighted by molar-refractivity contribution is 5.95. The maximum Gasteiger partial charge on any atom is 0.160 e. The van der Waals surface area contributed by atoms with E-state index in [2.05, 4.69) is 22.8 Å². The number of rotatable bonds is 3. The third kappa shape index (κ3) is 3.35. The van der Waals surface area contributed by atoms with E-state index in [9.17, 15) is 4.79 Å². The molecular weight excluding hydrogens is 174 g/mol. The molecule has 0 unspecified atom stereocenters. The number of hydrogen-bond donors (Lipinski definition) is 0. The maximum atomic E-state index is 11.7. The minimum absolute atomic E-state index is 0.263. The summed E-state index contributed by atoms with van der Waals surface area (Å²) in [6.07, 6.45) is 4.33. The molecule has 0 saturated heterocycles. The SMILES string of the molecule is CC#CCCC(=O)C1=CCCN(C)C1. The quantitative estimate of drug-likeness (QED) is 0.632. The van der Waals surface area contributed by atoms with Crippen molar-refractivity contribution < 1.29 is 4.79 Å². The van der Waals surface area contributed by atoms with Gasteiger partial charge in [-0.2, -0.15) is 0 Å². The Morgan fingerprint density at radius 2 is 2.43 bits per heavy atom. The van der Waals surface area contributed by atoms with Crippen molar-refractivity contribution in [1.29, 1.82) is 0 Å². The zero-order valence-corrected chi connectivity index (χ0v) is 8.97. The Morgan fingerprint density at radius 3 is 3.07 bits per heavy atom. The second-order valence-electron chi connectivity index (χ2n) is 3.61. The average Bonchev–Trinajstić information content (AvgIpc) is 2.18. The van der Waals surface area contributed by atoms with E-state index in [-0.39, 0.29) is 5.78 Å². The number of hydrogen-bond acceptors (Lipinski definition) is 2. The van der Waals surface area contributed by atoms with Crippen LogP contribution in [0.15, 0.2) is 11.6 Å². The number of Topliss-reactive ketones (excluding diaryl/α,β-unsaturated/α-hetero) is 1. The number of carbonyl (C=O) groups is 1. The van der Waals surface area contributed by atoms with Crippen molar-refractivity contribution in [2.45, 2.75) is 26.2 Å². The lowest BCUT2D eigenvalue weighted by Crippen LogP contribution is -2.28. The molecule has 2 heteroatoms. The number of likely N-dealkylation sites (N-methyl/N-ethyl adjacent to an activating group) is 1. The van der Waals surface area contributed by atoms with E-state index in [4.69, 9.17) is 0 Å². The molecule has 2 nitrogen and oxygen atoms in total. The summed E-state index contributed by atoms with van der Waals surface area (Å²) in [4.78, 5) is 13.8. The largest absolute Gasteiger partial charge is 0.302 e. The van der Waals surface area contributed by atoms with E-state index in [1.807, 2.05) is 7.05 Å². The number of nitrogens with zero attached hydrogens (tertiary/aromatic N) is 1. The lowest BCUT2D eigenvalue weighted by atomic mass is 10.0. The van der Waals surface area contributed by atoms with E-state index in [0.717, 1.165) is 25.1 Å². The van der Waals surface area contributed by atoms with Crippen LogP contribution in [-0.4, -0.2) is 30.8 Å². The molecule has 0 aromatic rings. The fourth-order valence-electron chi connectivity index (χ4n) is 1.56. The van der Waals surface area contributed by atoms with Gasteiger partial charge in [0.15, 0.2) is 5.78 Å². The summed E-state index contributed by atoms with van der Waals surface area (Å²) in [5.74, 6) is 5.98. The van der Waals surface area contributed by atoms with Crippen LogP contribution >= 0.6 is 0 Å². The summed E-state index contributed by atoms with van der Waals surface area (Å²) >= 11 is 0. The van der Waals surface area contributed by atoms with Crippen molar-refractivity contribution in [1.82, 2.24) is 4.90 Å². The Kier molecular flexibility index (Phi) is 4.42. The molecule has 0 radical (unpaired) electrons. The predicted molar refractivity (Wildman–Crippen MR) is 57.9 cm³/mol. The molecule has 0 aromatic heterocycles. The molecule has 0 aliphatic carbocycles. The molecule has 0 saturated carbocycles. The predicted octanol–water partition coefficient (Wildman–Crippen LogP) is 1.62. The molecule has 14 heavy (non-hydrogen) atoms. The number of ketones is 1. The molecule has 1 heterocycles. The van der Waals surface area contributed by atoms with Crippen LogP contribution in [-0.2, 0) is 4.79 Å². The average molecular weight is 191 g/mol. The van der Waals surface area contributed by atoms with E-state index >= 15 is 0 Å². The first-order chi connectivity index (χ1) is 6.74. The molecule has 1 aliphatic heterocycles. The van der Waals surface area contributed by atoms with Gasteiger partial charge in [0, 0.05) is 31.5 Å². The summed E-state index contributed by atoms with van der Waals surface area (Å²) in [5, 5.41) is 0. The van der Waals surface area contributed by atoms with Gasteiger partial charge in [-0.15, -0.1) is 11.8 Å². The summed E-state index contributed by atoms with van der Waals surface area (Å²) in [6, 6.07) is 0. The second-order valence-corrected chi connectivity index (χ2v) is 3.61. The van der Waals surface area contributed by atoms with Crippen molar-refractivity contribution >= 4 is 5.78 Å². The Hall–Kier alpha value is -1.07. The van der Waals surface area contributed by atoms with Gasteiger partial charge < -0.3 is 4.90 Å². The zero-order valence-electron chi connectivity index (χ0n) is 8.97. The minimum atomic E-state index is 0.263. The Bertz CT molecular complexity index is 293. The van der Waals surface area contributed by atoms with Gasteiger partial charge in [0.25, 0.3) is 0 Å². The molecule has 0 aromatic carbocycles. The van der Waals surface area contributed by atoms with Crippen LogP contribution in [0.2, 0.25) is 0 Å². The van der Waals surface area contributed by atoms with E-state index in [1.54, 1.807) is 6.92 Å². The molecule has 76 valence electrons. The summed E-state index contributed by atoms with van der Waals surface area (Å²) in [5.41, 5.74) is 0.969. The van der Waals surface area contributed by atoms with Crippen molar-refractivity contribution in [3.05, 3.63) is 11.6 Å². The van der Waals surface area contributed by atoms with Crippen LogP contribution in [0.3, 0.4) is 0 Å². The zero-order chi connectivity index (χ0) is 10.4. The van der Waals surface area contributed by atoms with Gasteiger partial charge in [0.2, 0.25) is 0 Å². The van der Waals surface area contributed by atoms with Gasteiger partial charge in [-0.25, -0.2) is 0 Å².